The average Bonchev–Trinajstić information content (AvgIpc) is 3.87. The molecule has 2 saturated heterocycles. The number of hydrogen-bond donors (Lipinski definition) is 0. The molecule has 0 aliphatic carbocycles. The summed E-state index contributed by atoms with van der Waals surface area (Å²) < 4.78 is 35.8. The van der Waals surface area contributed by atoms with Gasteiger partial charge in [-0.2, -0.15) is 0 Å². The first-order valence-electron chi connectivity index (χ1n) is 21.3. The lowest BCUT2D eigenvalue weighted by Gasteiger charge is -2.38. The molecule has 0 radical (unpaired) electrons. The highest BCUT2D eigenvalue weighted by Gasteiger charge is 2.42. The molecule has 1 unspecified atom stereocenters. The zero-order chi connectivity index (χ0) is 45.5. The van der Waals surface area contributed by atoms with Crippen LogP contribution in [0.1, 0.15) is 107 Å². The molecule has 2 atom stereocenters. The second-order valence-electron chi connectivity index (χ2n) is 19.0. The quantitative estimate of drug-likeness (QED) is 0.0532. The van der Waals surface area contributed by atoms with E-state index in [-0.39, 0.29) is 80.9 Å². The largest absolute Gasteiger partial charge is 0.493 e. The Morgan fingerprint density at radius 1 is 0.639 bits per heavy atom. The van der Waals surface area contributed by atoms with Gasteiger partial charge in [0, 0.05) is 25.2 Å². The summed E-state index contributed by atoms with van der Waals surface area (Å²) in [5.74, 6) is -0.165. The number of hydrogen-bond acceptors (Lipinski definition) is 12. The Hall–Kier alpha value is -4.27. The van der Waals surface area contributed by atoms with E-state index in [0.29, 0.717) is 45.6 Å². The van der Waals surface area contributed by atoms with Crippen molar-refractivity contribution in [2.45, 2.75) is 135 Å². The van der Waals surface area contributed by atoms with Crippen molar-refractivity contribution < 1.29 is 47.2 Å². The number of nitro groups is 2. The monoisotopic (exact) mass is 888 g/mol. The van der Waals surface area contributed by atoms with Crippen molar-refractivity contribution in [3.63, 3.8) is 0 Å². The maximum atomic E-state index is 13.8. The molecule has 340 valence electrons. The Morgan fingerprint density at radius 2 is 1.00 bits per heavy atom. The first-order valence-corrected chi connectivity index (χ1v) is 27.1. The van der Waals surface area contributed by atoms with Gasteiger partial charge in [0.2, 0.25) is 0 Å². The third-order valence-corrected chi connectivity index (χ3v) is 21.9. The third kappa shape index (κ3) is 12.0. The molecule has 2 amide bonds. The number of carbonyl (C=O) groups excluding carboxylic acids is 2. The Balaban J connectivity index is 1.35. The van der Waals surface area contributed by atoms with Gasteiger partial charge in [-0.3, -0.25) is 29.8 Å². The topological polar surface area (TPSA) is 182 Å². The number of ether oxygens (including phenoxy) is 4. The molecule has 61 heavy (non-hydrogen) atoms. The van der Waals surface area contributed by atoms with Crippen molar-refractivity contribution in [1.82, 2.24) is 9.80 Å². The standard InChI is InChI=1S/C43H68N4O12Si2/c1-42(2,3)60(9,10)58-28-30-18-16-20-44(30)40(48)32-24-36(54-7)38(26-34(32)46(50)51)56-22-14-13-15-23-57-39-27-35(47(52)53)33(25-37(39)55-8)41(49)45-21-17-19-31(45)29-59-61(11,12)43(4,5)6/h24-27,30-31H,13-23,28-29H2,1-12H3/t30-,31?/m0/s1. The molecule has 0 spiro atoms. The number of nitrogens with zero attached hydrogens (tertiary/aromatic N) is 4. The van der Waals surface area contributed by atoms with Crippen LogP contribution in [0.3, 0.4) is 0 Å². The molecule has 2 aliphatic rings. The van der Waals surface area contributed by atoms with Crippen LogP contribution in [0.4, 0.5) is 11.4 Å². The van der Waals surface area contributed by atoms with Crippen LogP contribution >= 0.6 is 0 Å². The Labute approximate surface area is 363 Å². The lowest BCUT2D eigenvalue weighted by molar-refractivity contribution is -0.385. The molecular weight excluding hydrogens is 821 g/mol. The SMILES string of the molecule is COc1cc(C(=O)N2CCCC2CO[Si](C)(C)C(C)(C)C)c([N+](=O)[O-])cc1OCCCCCOc1cc([N+](=O)[O-])c(C(=O)N2CCC[C@H]2CO[Si](C)(C)C(C)(C)C)cc1OC. The zero-order valence-electron chi connectivity index (χ0n) is 38.3. The number of benzene rings is 2. The van der Waals surface area contributed by atoms with E-state index in [2.05, 4.69) is 67.7 Å². The summed E-state index contributed by atoms with van der Waals surface area (Å²) in [6, 6.07) is 4.89. The molecular formula is C43H68N4O12Si2. The molecule has 2 aromatic rings. The van der Waals surface area contributed by atoms with Crippen LogP contribution in [0.15, 0.2) is 24.3 Å². The maximum Gasteiger partial charge on any atom is 0.286 e. The second kappa shape index (κ2) is 20.3. The fourth-order valence-electron chi connectivity index (χ4n) is 6.94. The summed E-state index contributed by atoms with van der Waals surface area (Å²) in [6.45, 7) is 23.7. The molecule has 2 fully saturated rings. The van der Waals surface area contributed by atoms with Crippen molar-refractivity contribution in [3.8, 4) is 23.0 Å². The van der Waals surface area contributed by atoms with Crippen LogP contribution in [0.25, 0.3) is 0 Å². The third-order valence-electron chi connectivity index (χ3n) is 12.9. The minimum absolute atomic E-state index is 0.00590. The van der Waals surface area contributed by atoms with Crippen molar-refractivity contribution in [2.75, 3.05) is 53.7 Å². The highest BCUT2D eigenvalue weighted by Crippen LogP contribution is 2.41. The van der Waals surface area contributed by atoms with E-state index < -0.39 is 38.3 Å². The van der Waals surface area contributed by atoms with Crippen molar-refractivity contribution in [1.29, 1.82) is 0 Å². The zero-order valence-corrected chi connectivity index (χ0v) is 40.3. The molecule has 0 bridgehead atoms. The Morgan fingerprint density at radius 3 is 1.31 bits per heavy atom. The highest BCUT2D eigenvalue weighted by molar-refractivity contribution is 6.74. The number of unbranched alkanes of at least 4 members (excludes halogenated alkanes) is 2. The molecule has 18 heteroatoms. The Kier molecular flexibility index (Phi) is 16.4. The van der Waals surface area contributed by atoms with Gasteiger partial charge in [-0.25, -0.2) is 0 Å². The molecule has 0 N–H and O–H groups in total. The van der Waals surface area contributed by atoms with E-state index in [0.717, 1.165) is 25.7 Å². The minimum Gasteiger partial charge on any atom is -0.493 e. The lowest BCUT2D eigenvalue weighted by Crippen LogP contribution is -2.46. The Bertz CT molecular complexity index is 1760. The minimum atomic E-state index is -2.07. The molecule has 0 saturated carbocycles. The van der Waals surface area contributed by atoms with E-state index in [1.165, 1.54) is 38.5 Å². The fourth-order valence-corrected chi connectivity index (χ4v) is 9.02. The molecule has 16 nitrogen and oxygen atoms in total. The molecule has 2 aliphatic heterocycles. The van der Waals surface area contributed by atoms with Crippen LogP contribution < -0.4 is 18.9 Å². The van der Waals surface area contributed by atoms with Crippen LogP contribution in [0.5, 0.6) is 23.0 Å². The molecule has 2 aromatic carbocycles. The van der Waals surface area contributed by atoms with Crippen molar-refractivity contribution >= 4 is 39.8 Å². The number of methoxy groups -OCH3 is 2. The summed E-state index contributed by atoms with van der Waals surface area (Å²) >= 11 is 0. The van der Waals surface area contributed by atoms with Gasteiger partial charge in [-0.15, -0.1) is 0 Å². The summed E-state index contributed by atoms with van der Waals surface area (Å²) in [5, 5.41) is 24.5. The summed E-state index contributed by atoms with van der Waals surface area (Å²) in [7, 11) is -1.30. The lowest BCUT2D eigenvalue weighted by atomic mass is 10.1. The first-order chi connectivity index (χ1) is 28.4. The van der Waals surface area contributed by atoms with Gasteiger partial charge < -0.3 is 37.6 Å². The van der Waals surface area contributed by atoms with Crippen molar-refractivity contribution in [2.24, 2.45) is 0 Å². The summed E-state index contributed by atoms with van der Waals surface area (Å²) in [6.07, 6.45) is 4.80. The van der Waals surface area contributed by atoms with E-state index in [1.54, 1.807) is 9.80 Å². The average molecular weight is 889 g/mol. The van der Waals surface area contributed by atoms with Gasteiger partial charge >= 0.3 is 0 Å². The maximum absolute atomic E-state index is 13.8. The highest BCUT2D eigenvalue weighted by atomic mass is 28.4. The predicted octanol–water partition coefficient (Wildman–Crippen LogP) is 9.40. The van der Waals surface area contributed by atoms with Crippen LogP contribution in [0.2, 0.25) is 36.3 Å². The number of nitro benzene ring substituents is 2. The summed E-state index contributed by atoms with van der Waals surface area (Å²) in [4.78, 5) is 54.4. The number of carbonyl (C=O) groups is 2. The number of amides is 2. The van der Waals surface area contributed by atoms with Gasteiger partial charge in [0.15, 0.2) is 39.6 Å². The van der Waals surface area contributed by atoms with E-state index >= 15 is 0 Å². The van der Waals surface area contributed by atoms with E-state index in [1.807, 2.05) is 0 Å². The van der Waals surface area contributed by atoms with Crippen LogP contribution in [0, 0.1) is 20.2 Å². The molecule has 4 rings (SSSR count). The van der Waals surface area contributed by atoms with Gasteiger partial charge in [0.25, 0.3) is 23.2 Å². The smallest absolute Gasteiger partial charge is 0.286 e. The number of likely N-dealkylation sites (tertiary alicyclic amines) is 2. The van der Waals surface area contributed by atoms with Crippen molar-refractivity contribution in [3.05, 3.63) is 55.6 Å². The number of rotatable bonds is 20. The van der Waals surface area contributed by atoms with Crippen LogP contribution in [-0.4, -0.2) is 114 Å². The van der Waals surface area contributed by atoms with Gasteiger partial charge in [-0.05, 0) is 81.2 Å². The normalized spacial score (nSPS) is 17.4. The summed E-state index contributed by atoms with van der Waals surface area (Å²) in [5.41, 5.74) is -0.857. The van der Waals surface area contributed by atoms with Gasteiger partial charge in [0.1, 0.15) is 11.1 Å². The van der Waals surface area contributed by atoms with E-state index in [9.17, 15) is 29.8 Å². The molecule has 0 aromatic heterocycles. The fraction of sp³-hybridized carbons (Fsp3) is 0.674. The van der Waals surface area contributed by atoms with E-state index in [4.69, 9.17) is 27.8 Å². The first kappa shape index (κ1) is 49.4. The van der Waals surface area contributed by atoms with Gasteiger partial charge in [0.05, 0.1) is 74.7 Å². The second-order valence-corrected chi connectivity index (χ2v) is 28.7. The molecule has 2 heterocycles. The predicted molar refractivity (Wildman–Crippen MR) is 239 cm³/mol. The van der Waals surface area contributed by atoms with Crippen LogP contribution in [-0.2, 0) is 8.85 Å². The van der Waals surface area contributed by atoms with Gasteiger partial charge in [-0.1, -0.05) is 41.5 Å².